The standard InChI is InChI=1S/C27H36BrN3O5S/c1-4-25(27(33)29-22-8-6-5-7-9-22)30(18-20-10-16-24(36-2)17-11-20)26(32)19-31(37(3,34)35)23-14-12-21(28)13-15-23/h10-17,22,25H,4-9,18-19H2,1-3H3,(H,29,33)/t25-/m0/s1. The Kier molecular flexibility index (Phi) is 10.4. The van der Waals surface area contributed by atoms with Crippen molar-refractivity contribution in [2.75, 3.05) is 24.2 Å². The number of hydrogen-bond donors (Lipinski definition) is 1. The van der Waals surface area contributed by atoms with Crippen molar-refractivity contribution in [1.29, 1.82) is 0 Å². The van der Waals surface area contributed by atoms with Crippen molar-refractivity contribution >= 4 is 43.5 Å². The minimum absolute atomic E-state index is 0.100. The highest BCUT2D eigenvalue weighted by Gasteiger charge is 2.32. The van der Waals surface area contributed by atoms with E-state index in [-0.39, 0.29) is 18.5 Å². The van der Waals surface area contributed by atoms with E-state index in [4.69, 9.17) is 4.74 Å². The summed E-state index contributed by atoms with van der Waals surface area (Å²) >= 11 is 3.35. The molecule has 2 amide bonds. The van der Waals surface area contributed by atoms with E-state index in [0.29, 0.717) is 17.9 Å². The van der Waals surface area contributed by atoms with Gasteiger partial charge in [0, 0.05) is 17.1 Å². The van der Waals surface area contributed by atoms with Crippen molar-refractivity contribution in [3.63, 3.8) is 0 Å². The fourth-order valence-electron chi connectivity index (χ4n) is 4.61. The van der Waals surface area contributed by atoms with E-state index in [2.05, 4.69) is 21.2 Å². The van der Waals surface area contributed by atoms with E-state index < -0.39 is 28.5 Å². The maximum atomic E-state index is 13.8. The summed E-state index contributed by atoms with van der Waals surface area (Å²) in [5.41, 5.74) is 1.19. The number of anilines is 1. The van der Waals surface area contributed by atoms with E-state index in [1.54, 1.807) is 43.5 Å². The Hall–Kier alpha value is -2.59. The normalized spacial score (nSPS) is 15.0. The van der Waals surface area contributed by atoms with Crippen LogP contribution >= 0.6 is 15.9 Å². The molecule has 37 heavy (non-hydrogen) atoms. The average molecular weight is 595 g/mol. The van der Waals surface area contributed by atoms with Crippen LogP contribution in [0.2, 0.25) is 0 Å². The second-order valence-corrected chi connectivity index (χ2v) is 12.2. The van der Waals surface area contributed by atoms with E-state index in [1.807, 2.05) is 19.1 Å². The van der Waals surface area contributed by atoms with Gasteiger partial charge in [0.1, 0.15) is 18.3 Å². The zero-order valence-corrected chi connectivity index (χ0v) is 24.1. The Balaban J connectivity index is 1.90. The summed E-state index contributed by atoms with van der Waals surface area (Å²) in [6.07, 6.45) is 6.66. The Morgan fingerprint density at radius 3 is 2.22 bits per heavy atom. The van der Waals surface area contributed by atoms with Crippen molar-refractivity contribution in [2.45, 2.75) is 64.1 Å². The van der Waals surface area contributed by atoms with Gasteiger partial charge in [-0.15, -0.1) is 0 Å². The molecule has 1 saturated carbocycles. The molecule has 8 nitrogen and oxygen atoms in total. The molecule has 0 aromatic heterocycles. The van der Waals surface area contributed by atoms with Gasteiger partial charge in [-0.2, -0.15) is 0 Å². The number of carbonyl (C=O) groups excluding carboxylic acids is 2. The van der Waals surface area contributed by atoms with Crippen LogP contribution in [0.4, 0.5) is 5.69 Å². The lowest BCUT2D eigenvalue weighted by Crippen LogP contribution is -2.53. The molecule has 0 radical (unpaired) electrons. The third-order valence-electron chi connectivity index (χ3n) is 6.64. The Morgan fingerprint density at radius 1 is 1.05 bits per heavy atom. The van der Waals surface area contributed by atoms with Gasteiger partial charge >= 0.3 is 0 Å². The largest absolute Gasteiger partial charge is 0.497 e. The average Bonchev–Trinajstić information content (AvgIpc) is 2.88. The molecule has 0 saturated heterocycles. The second kappa shape index (κ2) is 13.3. The first-order valence-electron chi connectivity index (χ1n) is 12.6. The summed E-state index contributed by atoms with van der Waals surface area (Å²) < 4.78 is 32.5. The number of nitrogens with zero attached hydrogens (tertiary/aromatic N) is 2. The van der Waals surface area contributed by atoms with Crippen LogP contribution in [0.15, 0.2) is 53.0 Å². The van der Waals surface area contributed by atoms with Crippen molar-refractivity contribution in [3.8, 4) is 5.75 Å². The third-order valence-corrected chi connectivity index (χ3v) is 8.31. The van der Waals surface area contributed by atoms with Gasteiger partial charge in [-0.25, -0.2) is 8.42 Å². The highest BCUT2D eigenvalue weighted by Crippen LogP contribution is 2.23. The molecule has 0 spiro atoms. The third kappa shape index (κ3) is 8.20. The molecule has 0 bridgehead atoms. The van der Waals surface area contributed by atoms with Gasteiger partial charge in [0.05, 0.1) is 19.1 Å². The molecular formula is C27H36BrN3O5S. The lowest BCUT2D eigenvalue weighted by Gasteiger charge is -2.34. The van der Waals surface area contributed by atoms with Crippen molar-refractivity contribution in [2.24, 2.45) is 0 Å². The van der Waals surface area contributed by atoms with Crippen LogP contribution in [-0.4, -0.2) is 57.1 Å². The summed E-state index contributed by atoms with van der Waals surface area (Å²) in [5, 5.41) is 3.14. The smallest absolute Gasteiger partial charge is 0.244 e. The molecular weight excluding hydrogens is 558 g/mol. The van der Waals surface area contributed by atoms with E-state index in [0.717, 1.165) is 46.3 Å². The molecule has 1 fully saturated rings. The number of nitrogens with one attached hydrogen (secondary N) is 1. The number of carbonyl (C=O) groups is 2. The van der Waals surface area contributed by atoms with Crippen LogP contribution in [0.3, 0.4) is 0 Å². The van der Waals surface area contributed by atoms with Gasteiger partial charge in [-0.3, -0.25) is 13.9 Å². The van der Waals surface area contributed by atoms with Gasteiger partial charge in [0.2, 0.25) is 21.8 Å². The molecule has 1 atom stereocenters. The van der Waals surface area contributed by atoms with E-state index in [1.165, 1.54) is 11.3 Å². The summed E-state index contributed by atoms with van der Waals surface area (Å²) in [4.78, 5) is 28.7. The number of methoxy groups -OCH3 is 1. The van der Waals surface area contributed by atoms with Gasteiger partial charge in [0.15, 0.2) is 0 Å². The zero-order valence-electron chi connectivity index (χ0n) is 21.7. The fraction of sp³-hybridized carbons (Fsp3) is 0.481. The van der Waals surface area contributed by atoms with Crippen LogP contribution in [0.25, 0.3) is 0 Å². The first-order chi connectivity index (χ1) is 17.6. The first kappa shape index (κ1) is 29.0. The molecule has 3 rings (SSSR count). The van der Waals surface area contributed by atoms with Gasteiger partial charge in [-0.05, 0) is 61.2 Å². The van der Waals surface area contributed by atoms with Crippen LogP contribution in [0, 0.1) is 0 Å². The number of benzene rings is 2. The predicted molar refractivity (Wildman–Crippen MR) is 149 cm³/mol. The van der Waals surface area contributed by atoms with Gasteiger partial charge in [0.25, 0.3) is 0 Å². The Labute approximate surface area is 228 Å². The molecule has 1 aliphatic rings. The van der Waals surface area contributed by atoms with E-state index in [9.17, 15) is 18.0 Å². The molecule has 202 valence electrons. The Morgan fingerprint density at radius 2 is 1.68 bits per heavy atom. The monoisotopic (exact) mass is 593 g/mol. The summed E-state index contributed by atoms with van der Waals surface area (Å²) in [6.45, 7) is 1.61. The second-order valence-electron chi connectivity index (χ2n) is 9.38. The lowest BCUT2D eigenvalue weighted by molar-refractivity contribution is -0.140. The fourth-order valence-corrected chi connectivity index (χ4v) is 5.73. The molecule has 2 aromatic carbocycles. The highest BCUT2D eigenvalue weighted by atomic mass is 79.9. The van der Waals surface area contributed by atoms with E-state index >= 15 is 0 Å². The maximum Gasteiger partial charge on any atom is 0.244 e. The maximum absolute atomic E-state index is 13.8. The van der Waals surface area contributed by atoms with Crippen LogP contribution in [0.5, 0.6) is 5.75 Å². The van der Waals surface area contributed by atoms with Crippen molar-refractivity contribution < 1.29 is 22.7 Å². The summed E-state index contributed by atoms with van der Waals surface area (Å²) in [6, 6.07) is 13.4. The number of sulfonamides is 1. The lowest BCUT2D eigenvalue weighted by atomic mass is 9.95. The van der Waals surface area contributed by atoms with Gasteiger partial charge in [-0.1, -0.05) is 54.2 Å². The molecule has 0 heterocycles. The number of halogens is 1. The number of amides is 2. The van der Waals surface area contributed by atoms with Crippen LogP contribution in [-0.2, 0) is 26.2 Å². The molecule has 1 N–H and O–H groups in total. The zero-order chi connectivity index (χ0) is 27.0. The number of ether oxygens (including phenoxy) is 1. The molecule has 0 unspecified atom stereocenters. The van der Waals surface area contributed by atoms with Crippen molar-refractivity contribution in [3.05, 3.63) is 58.6 Å². The minimum Gasteiger partial charge on any atom is -0.497 e. The summed E-state index contributed by atoms with van der Waals surface area (Å²) in [5.74, 6) is 0.0304. The molecule has 2 aromatic rings. The number of hydrogen-bond acceptors (Lipinski definition) is 5. The molecule has 1 aliphatic carbocycles. The predicted octanol–water partition coefficient (Wildman–Crippen LogP) is 4.48. The molecule has 0 aliphatic heterocycles. The quantitative estimate of drug-likeness (QED) is 0.414. The van der Waals surface area contributed by atoms with Crippen LogP contribution in [0.1, 0.15) is 51.0 Å². The SMILES string of the molecule is CC[C@@H](C(=O)NC1CCCCC1)N(Cc1ccc(OC)cc1)C(=O)CN(c1ccc(Br)cc1)S(C)(=O)=O. The Bertz CT molecular complexity index is 1150. The van der Waals surface area contributed by atoms with Crippen molar-refractivity contribution in [1.82, 2.24) is 10.2 Å². The first-order valence-corrected chi connectivity index (χ1v) is 15.2. The van der Waals surface area contributed by atoms with Crippen LogP contribution < -0.4 is 14.4 Å². The highest BCUT2D eigenvalue weighted by molar-refractivity contribution is 9.10. The minimum atomic E-state index is -3.76. The molecule has 10 heteroatoms. The summed E-state index contributed by atoms with van der Waals surface area (Å²) in [7, 11) is -2.18. The van der Waals surface area contributed by atoms with Gasteiger partial charge < -0.3 is 15.0 Å². The topological polar surface area (TPSA) is 96.0 Å². The number of rotatable bonds is 11.